The topological polar surface area (TPSA) is 93.3 Å². The first kappa shape index (κ1) is 25.3. The maximum atomic E-state index is 11.0. The Bertz CT molecular complexity index is 1170. The van der Waals surface area contributed by atoms with Crippen LogP contribution >= 0.6 is 11.3 Å². The molecule has 0 radical (unpaired) electrons. The lowest BCUT2D eigenvalue weighted by molar-refractivity contribution is -0.0420. The van der Waals surface area contributed by atoms with Gasteiger partial charge < -0.3 is 20.9 Å². The van der Waals surface area contributed by atoms with Crippen molar-refractivity contribution in [2.75, 3.05) is 6.54 Å². The van der Waals surface area contributed by atoms with Gasteiger partial charge in [-0.2, -0.15) is 0 Å². The molecule has 1 aliphatic heterocycles. The molecule has 2 aromatic heterocycles. The van der Waals surface area contributed by atoms with Crippen molar-refractivity contribution in [2.24, 2.45) is 11.1 Å². The number of benzene rings is 1. The van der Waals surface area contributed by atoms with E-state index in [1.54, 1.807) is 11.3 Å². The Labute approximate surface area is 218 Å². The molecule has 1 aliphatic carbocycles. The maximum absolute atomic E-state index is 11.0. The molecule has 7 heteroatoms. The van der Waals surface area contributed by atoms with Crippen LogP contribution in [0.15, 0.2) is 48.1 Å². The molecule has 4 N–H and O–H groups in total. The second kappa shape index (κ2) is 10.2. The van der Waals surface area contributed by atoms with Crippen LogP contribution in [-0.2, 0) is 12.8 Å². The Morgan fingerprint density at radius 3 is 2.75 bits per heavy atom. The Kier molecular flexibility index (Phi) is 7.18. The van der Waals surface area contributed by atoms with Gasteiger partial charge in [0.15, 0.2) is 0 Å². The van der Waals surface area contributed by atoms with E-state index in [9.17, 15) is 5.11 Å². The summed E-state index contributed by atoms with van der Waals surface area (Å²) < 4.78 is 6.40. The summed E-state index contributed by atoms with van der Waals surface area (Å²) in [6.45, 7) is 7.16. The van der Waals surface area contributed by atoms with Crippen molar-refractivity contribution >= 4 is 11.3 Å². The molecule has 1 saturated carbocycles. The van der Waals surface area contributed by atoms with E-state index in [2.05, 4.69) is 55.3 Å². The molecule has 0 amide bonds. The van der Waals surface area contributed by atoms with Crippen LogP contribution in [-0.4, -0.2) is 39.4 Å². The van der Waals surface area contributed by atoms with Crippen LogP contribution in [0.2, 0.25) is 0 Å². The number of ether oxygens (including phenoxy) is 1. The standard InChI is InChI=1S/C29H38N4O2S/c1-28(2,3)15-20-13-22-24(16-29(8-5-9-29)35-26(22)33-17-20)32-18-25(34)23(30)14-19-6-4-7-21(12-19)27-31-10-11-36-27/h4,6-7,10-13,17,23-25,32,34H,5,8-9,14-16,18,30H2,1-3H3/t23-,24-,25+/m0/s1. The molecule has 2 aliphatic rings. The van der Waals surface area contributed by atoms with Crippen molar-refractivity contribution in [1.82, 2.24) is 15.3 Å². The number of hydrogen-bond donors (Lipinski definition) is 3. The van der Waals surface area contributed by atoms with Gasteiger partial charge in [0.25, 0.3) is 0 Å². The fourth-order valence-electron chi connectivity index (χ4n) is 5.37. The van der Waals surface area contributed by atoms with Gasteiger partial charge in [-0.15, -0.1) is 11.3 Å². The first-order chi connectivity index (χ1) is 17.2. The van der Waals surface area contributed by atoms with E-state index < -0.39 is 6.10 Å². The van der Waals surface area contributed by atoms with Crippen molar-refractivity contribution in [2.45, 2.75) is 83.1 Å². The van der Waals surface area contributed by atoms with E-state index in [0.717, 1.165) is 53.3 Å². The van der Waals surface area contributed by atoms with Crippen molar-refractivity contribution in [3.63, 3.8) is 0 Å². The van der Waals surface area contributed by atoms with Crippen LogP contribution in [0.25, 0.3) is 10.6 Å². The van der Waals surface area contributed by atoms with Crippen LogP contribution in [0.3, 0.4) is 0 Å². The van der Waals surface area contributed by atoms with Gasteiger partial charge in [-0.1, -0.05) is 39.0 Å². The summed E-state index contributed by atoms with van der Waals surface area (Å²) in [6, 6.07) is 10.2. The van der Waals surface area contributed by atoms with E-state index in [4.69, 9.17) is 15.5 Å². The molecule has 36 heavy (non-hydrogen) atoms. The Hall–Kier alpha value is -2.32. The van der Waals surface area contributed by atoms with Crippen LogP contribution in [0, 0.1) is 5.41 Å². The number of rotatable bonds is 8. The van der Waals surface area contributed by atoms with Gasteiger partial charge in [0.2, 0.25) is 5.88 Å². The number of nitrogens with two attached hydrogens (primary N) is 1. The lowest BCUT2D eigenvalue weighted by Gasteiger charge is -2.47. The van der Waals surface area contributed by atoms with Gasteiger partial charge in [0, 0.05) is 53.9 Å². The minimum absolute atomic E-state index is 0.0940. The van der Waals surface area contributed by atoms with Crippen LogP contribution < -0.4 is 15.8 Å². The van der Waals surface area contributed by atoms with Crippen molar-refractivity contribution in [3.05, 3.63) is 64.8 Å². The molecule has 3 heterocycles. The Morgan fingerprint density at radius 2 is 2.06 bits per heavy atom. The predicted molar refractivity (Wildman–Crippen MR) is 145 cm³/mol. The normalized spacial score (nSPS) is 20.3. The van der Waals surface area contributed by atoms with Gasteiger partial charge in [0.05, 0.1) is 6.10 Å². The molecule has 0 saturated heterocycles. The number of fused-ring (bicyclic) bond motifs is 1. The third-order valence-electron chi connectivity index (χ3n) is 7.34. The SMILES string of the molecule is CC(C)(C)Cc1cnc2c(c1)[C@@H](NC[C@@H](O)[C@@H](N)Cc1cccc(-c3nccs3)c1)CC1(CCC1)O2. The molecule has 1 fully saturated rings. The van der Waals surface area contributed by atoms with Crippen LogP contribution in [0.4, 0.5) is 0 Å². The summed E-state index contributed by atoms with van der Waals surface area (Å²) in [7, 11) is 0. The summed E-state index contributed by atoms with van der Waals surface area (Å²) >= 11 is 1.62. The highest BCUT2D eigenvalue weighted by atomic mass is 32.1. The molecule has 3 atom stereocenters. The van der Waals surface area contributed by atoms with E-state index >= 15 is 0 Å². The number of pyridine rings is 1. The van der Waals surface area contributed by atoms with Gasteiger partial charge in [-0.05, 0) is 60.8 Å². The molecule has 192 valence electrons. The number of aromatic nitrogens is 2. The smallest absolute Gasteiger partial charge is 0.218 e. The second-order valence-electron chi connectivity index (χ2n) is 11.8. The Morgan fingerprint density at radius 1 is 1.22 bits per heavy atom. The zero-order valence-electron chi connectivity index (χ0n) is 21.5. The predicted octanol–water partition coefficient (Wildman–Crippen LogP) is 5.06. The average Bonchev–Trinajstić information content (AvgIpc) is 3.35. The molecule has 1 aromatic carbocycles. The highest BCUT2D eigenvalue weighted by molar-refractivity contribution is 7.13. The van der Waals surface area contributed by atoms with E-state index in [-0.39, 0.29) is 23.1 Å². The zero-order chi connectivity index (χ0) is 25.3. The highest BCUT2D eigenvalue weighted by Crippen LogP contribution is 2.48. The number of nitrogens with zero attached hydrogens (tertiary/aromatic N) is 2. The first-order valence-corrected chi connectivity index (χ1v) is 13.9. The minimum atomic E-state index is -0.664. The third-order valence-corrected chi connectivity index (χ3v) is 8.17. The fraction of sp³-hybridized carbons (Fsp3) is 0.517. The summed E-state index contributed by atoms with van der Waals surface area (Å²) in [5.74, 6) is 0.744. The number of aliphatic hydroxyl groups is 1. The molecular formula is C29H38N4O2S. The summed E-state index contributed by atoms with van der Waals surface area (Å²) in [6.07, 6.45) is 8.90. The van der Waals surface area contributed by atoms with Gasteiger partial charge >= 0.3 is 0 Å². The number of aliphatic hydroxyl groups excluding tert-OH is 1. The molecule has 1 spiro atoms. The second-order valence-corrected chi connectivity index (χ2v) is 12.6. The van der Waals surface area contributed by atoms with Crippen molar-refractivity contribution in [3.8, 4) is 16.5 Å². The molecule has 5 rings (SSSR count). The molecule has 3 aromatic rings. The van der Waals surface area contributed by atoms with Gasteiger partial charge in [-0.3, -0.25) is 0 Å². The quantitative estimate of drug-likeness (QED) is 0.395. The Balaban J connectivity index is 1.26. The lowest BCUT2D eigenvalue weighted by Crippen LogP contribution is -2.51. The average molecular weight is 507 g/mol. The summed E-state index contributed by atoms with van der Waals surface area (Å²) in [4.78, 5) is 9.13. The first-order valence-electron chi connectivity index (χ1n) is 13.0. The lowest BCUT2D eigenvalue weighted by atomic mass is 9.73. The van der Waals surface area contributed by atoms with Gasteiger partial charge in [-0.25, -0.2) is 9.97 Å². The van der Waals surface area contributed by atoms with E-state index in [1.165, 1.54) is 12.0 Å². The largest absolute Gasteiger partial charge is 0.471 e. The zero-order valence-corrected chi connectivity index (χ0v) is 22.4. The highest BCUT2D eigenvalue weighted by Gasteiger charge is 2.46. The molecule has 0 bridgehead atoms. The van der Waals surface area contributed by atoms with E-state index in [1.807, 2.05) is 23.8 Å². The fourth-order valence-corrected chi connectivity index (χ4v) is 6.00. The summed E-state index contributed by atoms with van der Waals surface area (Å²) in [5, 5.41) is 17.6. The minimum Gasteiger partial charge on any atom is -0.471 e. The molecule has 0 unspecified atom stereocenters. The number of hydrogen-bond acceptors (Lipinski definition) is 7. The van der Waals surface area contributed by atoms with E-state index in [0.29, 0.717) is 13.0 Å². The van der Waals surface area contributed by atoms with Crippen LogP contribution in [0.5, 0.6) is 5.88 Å². The van der Waals surface area contributed by atoms with Crippen molar-refractivity contribution in [1.29, 1.82) is 0 Å². The van der Waals surface area contributed by atoms with Crippen LogP contribution in [0.1, 0.15) is 69.2 Å². The number of thiazole rings is 1. The van der Waals surface area contributed by atoms with Gasteiger partial charge in [0.1, 0.15) is 10.6 Å². The molecule has 6 nitrogen and oxygen atoms in total. The summed E-state index contributed by atoms with van der Waals surface area (Å²) in [5.41, 5.74) is 11.1. The number of nitrogens with one attached hydrogen (secondary N) is 1. The molecular weight excluding hydrogens is 468 g/mol. The third kappa shape index (κ3) is 5.80. The van der Waals surface area contributed by atoms with Crippen molar-refractivity contribution < 1.29 is 9.84 Å². The maximum Gasteiger partial charge on any atom is 0.218 e. The monoisotopic (exact) mass is 506 g/mol.